The van der Waals surface area contributed by atoms with Crippen LogP contribution in [0.15, 0.2) is 22.6 Å². The highest BCUT2D eigenvalue weighted by Crippen LogP contribution is 2.20. The lowest BCUT2D eigenvalue weighted by Crippen LogP contribution is -2.19. The molecule has 1 aromatic carbocycles. The summed E-state index contributed by atoms with van der Waals surface area (Å²) in [6.07, 6.45) is 1.08. The van der Waals surface area contributed by atoms with E-state index in [1.54, 1.807) is 0 Å². The van der Waals surface area contributed by atoms with Crippen molar-refractivity contribution in [3.63, 3.8) is 0 Å². The molecule has 0 spiro atoms. The molecule has 0 aliphatic carbocycles. The van der Waals surface area contributed by atoms with Gasteiger partial charge in [-0.25, -0.2) is 0 Å². The zero-order chi connectivity index (χ0) is 14.5. The number of nitrogens with one attached hydrogen (secondary N) is 2. The van der Waals surface area contributed by atoms with Crippen LogP contribution in [0.4, 0.5) is 11.7 Å². The molecule has 1 heterocycles. The third-order valence-corrected chi connectivity index (χ3v) is 3.27. The van der Waals surface area contributed by atoms with Gasteiger partial charge in [0.15, 0.2) is 0 Å². The van der Waals surface area contributed by atoms with Crippen LogP contribution in [0.5, 0.6) is 0 Å². The number of nitrogens with zero attached hydrogens (tertiary/aromatic N) is 2. The molecular weight excluding hydrogens is 252 g/mol. The van der Waals surface area contributed by atoms with Crippen molar-refractivity contribution in [2.24, 2.45) is 0 Å². The molecule has 0 aliphatic heterocycles. The summed E-state index contributed by atoms with van der Waals surface area (Å²) in [5.74, 6) is 0.602. The van der Waals surface area contributed by atoms with E-state index in [2.05, 4.69) is 53.7 Å². The predicted octanol–water partition coefficient (Wildman–Crippen LogP) is 3.49. The quantitative estimate of drug-likeness (QED) is 0.844. The van der Waals surface area contributed by atoms with E-state index in [1.165, 1.54) is 11.1 Å². The molecule has 0 amide bonds. The molecule has 20 heavy (non-hydrogen) atoms. The van der Waals surface area contributed by atoms with E-state index in [4.69, 9.17) is 4.42 Å². The van der Waals surface area contributed by atoms with Gasteiger partial charge < -0.3 is 15.1 Å². The Morgan fingerprint density at radius 2 is 2.00 bits per heavy atom. The number of hydrogen-bond acceptors (Lipinski definition) is 5. The fourth-order valence-electron chi connectivity index (χ4n) is 1.85. The number of aromatic nitrogens is 2. The predicted molar refractivity (Wildman–Crippen MR) is 80.2 cm³/mol. The fourth-order valence-corrected chi connectivity index (χ4v) is 1.85. The van der Waals surface area contributed by atoms with Crippen LogP contribution in [0.2, 0.25) is 0 Å². The van der Waals surface area contributed by atoms with Crippen molar-refractivity contribution in [2.45, 2.75) is 40.2 Å². The van der Waals surface area contributed by atoms with Crippen LogP contribution in [0.3, 0.4) is 0 Å². The fraction of sp³-hybridized carbons (Fsp3) is 0.467. The number of hydrogen-bond donors (Lipinski definition) is 2. The second kappa shape index (κ2) is 6.52. The van der Waals surface area contributed by atoms with Crippen LogP contribution < -0.4 is 10.6 Å². The summed E-state index contributed by atoms with van der Waals surface area (Å²) in [6.45, 7) is 9.24. The lowest BCUT2D eigenvalue weighted by molar-refractivity contribution is 0.424. The Morgan fingerprint density at radius 1 is 1.20 bits per heavy atom. The summed E-state index contributed by atoms with van der Waals surface area (Å²) in [6, 6.07) is 6.63. The van der Waals surface area contributed by atoms with Crippen molar-refractivity contribution >= 4 is 11.7 Å². The van der Waals surface area contributed by atoms with Gasteiger partial charge in [0.25, 0.3) is 0 Å². The van der Waals surface area contributed by atoms with Crippen LogP contribution >= 0.6 is 0 Å². The Morgan fingerprint density at radius 3 is 2.70 bits per heavy atom. The van der Waals surface area contributed by atoms with Gasteiger partial charge in [-0.1, -0.05) is 18.1 Å². The van der Waals surface area contributed by atoms with Gasteiger partial charge in [0, 0.05) is 5.69 Å². The van der Waals surface area contributed by atoms with Gasteiger partial charge in [-0.15, -0.1) is 5.10 Å². The van der Waals surface area contributed by atoms with Crippen molar-refractivity contribution in [1.82, 2.24) is 15.5 Å². The maximum Gasteiger partial charge on any atom is 0.320 e. The van der Waals surface area contributed by atoms with Crippen LogP contribution in [0.25, 0.3) is 0 Å². The molecule has 5 heteroatoms. The molecule has 2 rings (SSSR count). The van der Waals surface area contributed by atoms with E-state index in [0.29, 0.717) is 11.9 Å². The van der Waals surface area contributed by atoms with Crippen LogP contribution in [0.1, 0.15) is 43.3 Å². The Hall–Kier alpha value is -1.88. The summed E-state index contributed by atoms with van der Waals surface area (Å²) >= 11 is 0. The van der Waals surface area contributed by atoms with Crippen LogP contribution in [-0.4, -0.2) is 16.7 Å². The molecule has 0 aliphatic rings. The highest BCUT2D eigenvalue weighted by atomic mass is 16.4. The first kappa shape index (κ1) is 14.5. The minimum Gasteiger partial charge on any atom is -0.406 e. The SMILES string of the molecule is CCCNC(C)c1nnc(Nc2ccc(C)c(C)c2)o1. The summed E-state index contributed by atoms with van der Waals surface area (Å²) in [7, 11) is 0. The van der Waals surface area contributed by atoms with Gasteiger partial charge in [0.1, 0.15) is 0 Å². The average molecular weight is 274 g/mol. The number of benzene rings is 1. The first-order valence-electron chi connectivity index (χ1n) is 7.01. The van der Waals surface area contributed by atoms with Crippen molar-refractivity contribution in [2.75, 3.05) is 11.9 Å². The molecule has 0 saturated heterocycles. The lowest BCUT2D eigenvalue weighted by Gasteiger charge is -2.08. The van der Waals surface area contributed by atoms with Crippen molar-refractivity contribution in [3.05, 3.63) is 35.2 Å². The molecule has 0 saturated carbocycles. The molecule has 0 bridgehead atoms. The highest BCUT2D eigenvalue weighted by Gasteiger charge is 2.13. The van der Waals surface area contributed by atoms with Gasteiger partial charge in [-0.05, 0) is 57.0 Å². The first-order valence-corrected chi connectivity index (χ1v) is 7.01. The van der Waals surface area contributed by atoms with E-state index >= 15 is 0 Å². The van der Waals surface area contributed by atoms with Crippen LogP contribution in [0, 0.1) is 13.8 Å². The third kappa shape index (κ3) is 3.57. The molecule has 1 aromatic heterocycles. The van der Waals surface area contributed by atoms with E-state index < -0.39 is 0 Å². The van der Waals surface area contributed by atoms with Crippen molar-refractivity contribution in [1.29, 1.82) is 0 Å². The molecule has 1 unspecified atom stereocenters. The zero-order valence-electron chi connectivity index (χ0n) is 12.5. The molecule has 2 N–H and O–H groups in total. The van der Waals surface area contributed by atoms with Gasteiger partial charge in [0.05, 0.1) is 6.04 Å². The van der Waals surface area contributed by atoms with E-state index in [1.807, 2.05) is 13.0 Å². The van der Waals surface area contributed by atoms with Crippen molar-refractivity contribution < 1.29 is 4.42 Å². The largest absolute Gasteiger partial charge is 0.406 e. The first-order chi connectivity index (χ1) is 9.60. The zero-order valence-corrected chi connectivity index (χ0v) is 12.5. The standard InChI is InChI=1S/C15H22N4O/c1-5-8-16-12(4)14-18-19-15(20-14)17-13-7-6-10(2)11(3)9-13/h6-7,9,12,16H,5,8H2,1-4H3,(H,17,19). The Bertz CT molecular complexity index is 565. The van der Waals surface area contributed by atoms with Gasteiger partial charge in [-0.2, -0.15) is 0 Å². The molecule has 0 fully saturated rings. The normalized spacial score (nSPS) is 12.4. The minimum absolute atomic E-state index is 0.0674. The Labute approximate surface area is 119 Å². The molecule has 108 valence electrons. The molecular formula is C15H22N4O. The summed E-state index contributed by atoms with van der Waals surface area (Å²) in [5.41, 5.74) is 3.45. The topological polar surface area (TPSA) is 63.0 Å². The minimum atomic E-state index is 0.0674. The van der Waals surface area contributed by atoms with E-state index in [0.717, 1.165) is 18.7 Å². The van der Waals surface area contributed by atoms with Gasteiger partial charge >= 0.3 is 6.01 Å². The molecule has 0 radical (unpaired) electrons. The average Bonchev–Trinajstić information content (AvgIpc) is 2.89. The lowest BCUT2D eigenvalue weighted by atomic mass is 10.1. The molecule has 1 atom stereocenters. The summed E-state index contributed by atoms with van der Waals surface area (Å²) in [5, 5.41) is 14.5. The Kier molecular flexibility index (Phi) is 4.74. The maximum absolute atomic E-state index is 5.62. The van der Waals surface area contributed by atoms with Crippen LogP contribution in [-0.2, 0) is 0 Å². The second-order valence-corrected chi connectivity index (χ2v) is 5.05. The number of anilines is 2. The number of aryl methyl sites for hydroxylation is 2. The highest BCUT2D eigenvalue weighted by molar-refractivity contribution is 5.54. The number of rotatable bonds is 6. The second-order valence-electron chi connectivity index (χ2n) is 5.05. The molecule has 5 nitrogen and oxygen atoms in total. The summed E-state index contributed by atoms with van der Waals surface area (Å²) in [4.78, 5) is 0. The van der Waals surface area contributed by atoms with E-state index in [9.17, 15) is 0 Å². The van der Waals surface area contributed by atoms with E-state index in [-0.39, 0.29) is 6.04 Å². The van der Waals surface area contributed by atoms with Crippen molar-refractivity contribution in [3.8, 4) is 0 Å². The van der Waals surface area contributed by atoms with Gasteiger partial charge in [0.2, 0.25) is 5.89 Å². The molecule has 2 aromatic rings. The third-order valence-electron chi connectivity index (χ3n) is 3.27. The smallest absolute Gasteiger partial charge is 0.320 e. The van der Waals surface area contributed by atoms with Gasteiger partial charge in [-0.3, -0.25) is 0 Å². The summed E-state index contributed by atoms with van der Waals surface area (Å²) < 4.78 is 5.62. The maximum atomic E-state index is 5.62. The monoisotopic (exact) mass is 274 g/mol. The Balaban J connectivity index is 2.03.